The van der Waals surface area contributed by atoms with E-state index in [9.17, 15) is 9.59 Å². The molecule has 1 amide bonds. The van der Waals surface area contributed by atoms with E-state index in [2.05, 4.69) is 26.2 Å². The molecule has 0 aliphatic carbocycles. The predicted octanol–water partition coefficient (Wildman–Crippen LogP) is 2.40. The van der Waals surface area contributed by atoms with Crippen molar-refractivity contribution in [2.75, 3.05) is 5.32 Å². The van der Waals surface area contributed by atoms with Gasteiger partial charge in [-0.25, -0.2) is 4.98 Å². The second-order valence-corrected chi connectivity index (χ2v) is 3.80. The van der Waals surface area contributed by atoms with E-state index in [1.165, 1.54) is 0 Å². The molecular weight excluding hydrogens is 260 g/mol. The van der Waals surface area contributed by atoms with Crippen LogP contribution in [0.3, 0.4) is 0 Å². The molecule has 0 atom stereocenters. The smallest absolute Gasteiger partial charge is 0.225 e. The van der Waals surface area contributed by atoms with Gasteiger partial charge < -0.3 is 5.32 Å². The highest BCUT2D eigenvalue weighted by Crippen LogP contribution is 2.15. The summed E-state index contributed by atoms with van der Waals surface area (Å²) in [5.41, 5.74) is 0.377. The van der Waals surface area contributed by atoms with Gasteiger partial charge in [-0.3, -0.25) is 9.59 Å². The van der Waals surface area contributed by atoms with E-state index < -0.39 is 0 Å². The number of halogens is 1. The Balaban J connectivity index is 2.87. The monoisotopic (exact) mass is 270 g/mol. The van der Waals surface area contributed by atoms with Gasteiger partial charge in [-0.2, -0.15) is 0 Å². The number of amides is 1. The summed E-state index contributed by atoms with van der Waals surface area (Å²) in [6, 6.07) is 3.25. The lowest BCUT2D eigenvalue weighted by Crippen LogP contribution is -2.13. The number of nitrogens with one attached hydrogen (secondary N) is 1. The van der Waals surface area contributed by atoms with Crippen molar-refractivity contribution in [2.45, 2.75) is 19.8 Å². The Morgan fingerprint density at radius 2 is 2.33 bits per heavy atom. The Hall–Kier alpha value is -1.23. The number of carbonyl (C=O) groups excluding carboxylic acids is 2. The second-order valence-electron chi connectivity index (χ2n) is 2.99. The minimum absolute atomic E-state index is 0.133. The van der Waals surface area contributed by atoms with Crippen molar-refractivity contribution < 1.29 is 9.59 Å². The Labute approximate surface area is 96.2 Å². The van der Waals surface area contributed by atoms with Crippen molar-refractivity contribution in [3.63, 3.8) is 0 Å². The number of pyridine rings is 1. The standard InChI is InChI=1S/C10H11BrN2O2/c1-2-3-9(15)13-10-7(6-14)4-5-8(11)12-10/h4-6H,2-3H2,1H3,(H,12,13,15). The van der Waals surface area contributed by atoms with Gasteiger partial charge >= 0.3 is 0 Å². The average molecular weight is 271 g/mol. The summed E-state index contributed by atoms with van der Waals surface area (Å²) in [7, 11) is 0. The molecule has 1 aromatic rings. The lowest BCUT2D eigenvalue weighted by molar-refractivity contribution is -0.116. The molecule has 0 aliphatic heterocycles. The van der Waals surface area contributed by atoms with Crippen LogP contribution < -0.4 is 5.32 Å². The van der Waals surface area contributed by atoms with Crippen LogP contribution in [0.4, 0.5) is 5.82 Å². The predicted molar refractivity (Wildman–Crippen MR) is 60.9 cm³/mol. The first-order chi connectivity index (χ1) is 7.17. The van der Waals surface area contributed by atoms with Crippen LogP contribution in [0.5, 0.6) is 0 Å². The fourth-order valence-corrected chi connectivity index (χ4v) is 1.37. The van der Waals surface area contributed by atoms with Crippen LogP contribution in [-0.4, -0.2) is 17.2 Å². The van der Waals surface area contributed by atoms with Crippen LogP contribution in [0, 0.1) is 0 Å². The molecule has 15 heavy (non-hydrogen) atoms. The fraction of sp³-hybridized carbons (Fsp3) is 0.300. The molecule has 0 unspecified atom stereocenters. The summed E-state index contributed by atoms with van der Waals surface area (Å²) in [5.74, 6) is 0.170. The minimum atomic E-state index is -0.133. The zero-order valence-corrected chi connectivity index (χ0v) is 9.87. The van der Waals surface area contributed by atoms with Crippen molar-refractivity contribution in [1.82, 2.24) is 4.98 Å². The first-order valence-corrected chi connectivity index (χ1v) is 5.38. The number of carbonyl (C=O) groups is 2. The molecule has 1 N–H and O–H groups in total. The van der Waals surface area contributed by atoms with E-state index in [4.69, 9.17) is 0 Å². The van der Waals surface area contributed by atoms with Gasteiger partial charge in [0.05, 0.1) is 5.56 Å². The molecule has 1 heterocycles. The summed E-state index contributed by atoms with van der Waals surface area (Å²) in [6.07, 6.45) is 1.85. The van der Waals surface area contributed by atoms with Gasteiger partial charge in [0.15, 0.2) is 6.29 Å². The van der Waals surface area contributed by atoms with Crippen LogP contribution in [-0.2, 0) is 4.79 Å². The van der Waals surface area contributed by atoms with Crippen LogP contribution in [0.2, 0.25) is 0 Å². The highest BCUT2D eigenvalue weighted by molar-refractivity contribution is 9.10. The largest absolute Gasteiger partial charge is 0.310 e. The van der Waals surface area contributed by atoms with Crippen LogP contribution in [0.1, 0.15) is 30.1 Å². The van der Waals surface area contributed by atoms with Gasteiger partial charge in [0.2, 0.25) is 5.91 Å². The third-order valence-electron chi connectivity index (χ3n) is 1.75. The SMILES string of the molecule is CCCC(=O)Nc1nc(Br)ccc1C=O. The maximum atomic E-state index is 11.3. The van der Waals surface area contributed by atoms with Gasteiger partial charge in [0.1, 0.15) is 10.4 Å². The van der Waals surface area contributed by atoms with Gasteiger partial charge in [0, 0.05) is 6.42 Å². The quantitative estimate of drug-likeness (QED) is 0.675. The van der Waals surface area contributed by atoms with E-state index in [1.54, 1.807) is 12.1 Å². The third-order valence-corrected chi connectivity index (χ3v) is 2.20. The lowest BCUT2D eigenvalue weighted by Gasteiger charge is -2.05. The fourth-order valence-electron chi connectivity index (χ4n) is 1.06. The van der Waals surface area contributed by atoms with E-state index in [0.717, 1.165) is 6.42 Å². The van der Waals surface area contributed by atoms with Crippen LogP contribution in [0.25, 0.3) is 0 Å². The van der Waals surface area contributed by atoms with Crippen molar-refractivity contribution in [1.29, 1.82) is 0 Å². The van der Waals surface area contributed by atoms with E-state index >= 15 is 0 Å². The molecule has 0 aromatic carbocycles. The number of aromatic nitrogens is 1. The normalized spacial score (nSPS) is 9.73. The molecule has 80 valence electrons. The van der Waals surface area contributed by atoms with Gasteiger partial charge in [-0.15, -0.1) is 0 Å². The third kappa shape index (κ3) is 3.43. The molecule has 1 aromatic heterocycles. The second kappa shape index (κ2) is 5.60. The molecule has 0 aliphatic rings. The first kappa shape index (κ1) is 11.8. The summed E-state index contributed by atoms with van der Waals surface area (Å²) < 4.78 is 0.583. The summed E-state index contributed by atoms with van der Waals surface area (Å²) in [4.78, 5) is 26.0. The molecule has 0 spiro atoms. The topological polar surface area (TPSA) is 59.1 Å². The first-order valence-electron chi connectivity index (χ1n) is 4.59. The number of anilines is 1. The molecule has 0 radical (unpaired) electrons. The number of rotatable bonds is 4. The van der Waals surface area contributed by atoms with Crippen LogP contribution in [0.15, 0.2) is 16.7 Å². The Kier molecular flexibility index (Phi) is 4.42. The highest BCUT2D eigenvalue weighted by Gasteiger charge is 2.07. The van der Waals surface area contributed by atoms with Crippen molar-refractivity contribution in [2.24, 2.45) is 0 Å². The average Bonchev–Trinajstić information content (AvgIpc) is 2.18. The molecule has 0 saturated heterocycles. The molecular formula is C10H11BrN2O2. The molecule has 5 heteroatoms. The molecule has 4 nitrogen and oxygen atoms in total. The Morgan fingerprint density at radius 1 is 1.60 bits per heavy atom. The van der Waals surface area contributed by atoms with Gasteiger partial charge in [-0.1, -0.05) is 6.92 Å². The van der Waals surface area contributed by atoms with E-state index in [-0.39, 0.29) is 5.91 Å². The van der Waals surface area contributed by atoms with E-state index in [0.29, 0.717) is 28.7 Å². The van der Waals surface area contributed by atoms with Gasteiger partial charge in [-0.05, 0) is 34.5 Å². The number of aldehydes is 1. The zero-order chi connectivity index (χ0) is 11.3. The van der Waals surface area contributed by atoms with Crippen molar-refractivity contribution in [3.05, 3.63) is 22.3 Å². The van der Waals surface area contributed by atoms with Crippen LogP contribution >= 0.6 is 15.9 Å². The molecule has 0 saturated carbocycles. The summed E-state index contributed by atoms with van der Waals surface area (Å²) >= 11 is 3.18. The van der Waals surface area contributed by atoms with Gasteiger partial charge in [0.25, 0.3) is 0 Å². The van der Waals surface area contributed by atoms with Crippen molar-refractivity contribution in [3.8, 4) is 0 Å². The molecule has 0 bridgehead atoms. The summed E-state index contributed by atoms with van der Waals surface area (Å²) in [6.45, 7) is 1.91. The maximum Gasteiger partial charge on any atom is 0.225 e. The van der Waals surface area contributed by atoms with Crippen molar-refractivity contribution >= 4 is 33.9 Å². The minimum Gasteiger partial charge on any atom is -0.310 e. The van der Waals surface area contributed by atoms with E-state index in [1.807, 2.05) is 6.92 Å². The molecule has 0 fully saturated rings. The lowest BCUT2D eigenvalue weighted by atomic mass is 10.2. The summed E-state index contributed by atoms with van der Waals surface area (Å²) in [5, 5.41) is 2.59. The number of hydrogen-bond acceptors (Lipinski definition) is 3. The zero-order valence-electron chi connectivity index (χ0n) is 8.29. The number of hydrogen-bond donors (Lipinski definition) is 1. The number of nitrogens with zero attached hydrogens (tertiary/aromatic N) is 1. The Morgan fingerprint density at radius 3 is 2.93 bits per heavy atom. The highest BCUT2D eigenvalue weighted by atomic mass is 79.9. The molecule has 1 rings (SSSR count). The Bertz CT molecular complexity index is 380. The maximum absolute atomic E-state index is 11.3.